The number of ether oxygens (including phenoxy) is 2. The number of hydrogen-bond donors (Lipinski definition) is 2. The van der Waals surface area contributed by atoms with E-state index in [1.807, 2.05) is 42.5 Å². The van der Waals surface area contributed by atoms with Crippen LogP contribution < -0.4 is 15.0 Å². The van der Waals surface area contributed by atoms with Crippen LogP contribution in [0.4, 0.5) is 0 Å². The predicted molar refractivity (Wildman–Crippen MR) is 211 cm³/mol. The number of methoxy groups -OCH3 is 1. The van der Waals surface area contributed by atoms with E-state index in [4.69, 9.17) is 46.9 Å². The maximum absolute atomic E-state index is 11.5. The molecule has 2 N–H and O–H groups in total. The smallest absolute Gasteiger partial charge is 0.307 e. The molecule has 0 bridgehead atoms. The Morgan fingerprint density at radius 1 is 1.02 bits per heavy atom. The molecule has 1 aliphatic carbocycles. The van der Waals surface area contributed by atoms with Gasteiger partial charge >= 0.3 is 5.97 Å². The number of nitrogens with zero attached hydrogens (tertiary/aromatic N) is 7. The number of pyridine rings is 2. The van der Waals surface area contributed by atoms with Crippen molar-refractivity contribution < 1.29 is 33.7 Å². The fourth-order valence-electron chi connectivity index (χ4n) is 8.19. The molecule has 296 valence electrons. The molecule has 14 nitrogen and oxygen atoms in total. The second-order valence-electron chi connectivity index (χ2n) is 14.6. The molecule has 3 aliphatic rings. The normalized spacial score (nSPS) is 19.9. The topological polar surface area (TPSA) is 172 Å². The van der Waals surface area contributed by atoms with Crippen molar-refractivity contribution in [3.05, 3.63) is 86.4 Å². The van der Waals surface area contributed by atoms with E-state index in [0.717, 1.165) is 47.2 Å². The molecule has 5 aromatic rings. The van der Waals surface area contributed by atoms with Gasteiger partial charge in [-0.2, -0.15) is 10.2 Å². The van der Waals surface area contributed by atoms with Gasteiger partial charge in [0.1, 0.15) is 29.9 Å². The molecular formula is C41H41Cl2N7O7. The van der Waals surface area contributed by atoms with Gasteiger partial charge in [-0.3, -0.25) is 9.69 Å². The molecule has 2 saturated heterocycles. The van der Waals surface area contributed by atoms with E-state index in [1.54, 1.807) is 17.9 Å². The van der Waals surface area contributed by atoms with Crippen molar-refractivity contribution >= 4 is 40.3 Å². The number of carboxylic acid groups (broad SMARTS) is 1. The van der Waals surface area contributed by atoms with E-state index in [9.17, 15) is 20.3 Å². The van der Waals surface area contributed by atoms with Gasteiger partial charge in [0, 0.05) is 56.6 Å². The molecule has 5 heterocycles. The lowest BCUT2D eigenvalue weighted by molar-refractivity contribution is -0.141. The summed E-state index contributed by atoms with van der Waals surface area (Å²) < 4.78 is 20.2. The molecular weight excluding hydrogens is 773 g/mol. The molecule has 0 amide bonds. The lowest BCUT2D eigenvalue weighted by atomic mass is 9.95. The largest absolute Gasteiger partial charge is 0.481 e. The van der Waals surface area contributed by atoms with E-state index < -0.39 is 11.9 Å². The maximum atomic E-state index is 11.5. The van der Waals surface area contributed by atoms with E-state index in [1.165, 1.54) is 7.11 Å². The third-order valence-corrected chi connectivity index (χ3v) is 11.7. The highest BCUT2D eigenvalue weighted by Gasteiger charge is 2.31. The molecule has 8 rings (SSSR count). The Labute approximate surface area is 338 Å². The molecule has 3 atom stereocenters. The molecule has 16 heteroatoms. The first-order valence-electron chi connectivity index (χ1n) is 18.8. The van der Waals surface area contributed by atoms with Crippen molar-refractivity contribution in [2.75, 3.05) is 46.9 Å². The first kappa shape index (κ1) is 38.7. The van der Waals surface area contributed by atoms with Gasteiger partial charge in [0.15, 0.2) is 11.1 Å². The Hall–Kier alpha value is -5.17. The van der Waals surface area contributed by atoms with Crippen LogP contribution in [0.25, 0.3) is 33.7 Å². The number of fused-ring (bicyclic) bond motifs is 2. The summed E-state index contributed by atoms with van der Waals surface area (Å²) in [4.78, 5) is 30.4. The second-order valence-corrected chi connectivity index (χ2v) is 15.4. The summed E-state index contributed by atoms with van der Waals surface area (Å²) in [6.45, 7) is 4.05. The summed E-state index contributed by atoms with van der Waals surface area (Å²) in [5.41, 5.74) is 6.40. The molecule has 2 fully saturated rings. The summed E-state index contributed by atoms with van der Waals surface area (Å²) in [6.07, 6.45) is 3.76. The maximum Gasteiger partial charge on any atom is 0.307 e. The molecule has 0 spiro atoms. The van der Waals surface area contributed by atoms with E-state index in [0.29, 0.717) is 90.5 Å². The van der Waals surface area contributed by atoms with Crippen molar-refractivity contribution in [2.45, 2.75) is 51.0 Å². The van der Waals surface area contributed by atoms with E-state index in [2.05, 4.69) is 26.0 Å². The summed E-state index contributed by atoms with van der Waals surface area (Å²) in [7, 11) is 3.00. The number of benzene rings is 2. The predicted octanol–water partition coefficient (Wildman–Crippen LogP) is 6.05. The quantitative estimate of drug-likeness (QED) is 0.140. The molecule has 0 radical (unpaired) electrons. The summed E-state index contributed by atoms with van der Waals surface area (Å²) in [6, 6.07) is 15.8. The number of rotatable bonds is 12. The Morgan fingerprint density at radius 3 is 2.54 bits per heavy atom. The van der Waals surface area contributed by atoms with Gasteiger partial charge in [-0.25, -0.2) is 4.98 Å². The fourth-order valence-corrected chi connectivity index (χ4v) is 8.72. The van der Waals surface area contributed by atoms with Crippen molar-refractivity contribution in [1.82, 2.24) is 24.3 Å². The Bertz CT molecular complexity index is 2460. The molecule has 0 saturated carbocycles. The number of oxazole rings is 1. The van der Waals surface area contributed by atoms with Crippen LogP contribution in [0, 0.1) is 17.2 Å². The number of carboxylic acids is 1. The van der Waals surface area contributed by atoms with Crippen molar-refractivity contribution in [3.8, 4) is 40.4 Å². The number of likely N-dealkylation sites (tertiary alicyclic amines) is 2. The first-order chi connectivity index (χ1) is 27.6. The molecule has 2 aromatic carbocycles. The zero-order chi connectivity index (χ0) is 39.8. The summed E-state index contributed by atoms with van der Waals surface area (Å²) in [5, 5.41) is 34.6. The standard InChI is InChI=1S/C41H41Cl2N7O7/c1-54-38-24(20-49-14-12-26(51)22-49)17-32(42)40(46-38)56-33-10-9-28-27(5-3-6-29(28)33)30-7-4-8-31(34(30)43)39-45-35-36(57-39)25(18-44)21-50(37(35)47-55-2)16-15-48-13-11-23(19-48)41(52)53/h3-8,17,21,23,26,33,51H,9-16,19-20,22H2,1-2H3,(H,52,53)/b47-37-/t23-,26-,33+/m1/s1. The van der Waals surface area contributed by atoms with Gasteiger partial charge < -0.3 is 38.4 Å². The van der Waals surface area contributed by atoms with Crippen LogP contribution in [-0.4, -0.2) is 93.6 Å². The first-order valence-corrected chi connectivity index (χ1v) is 19.6. The van der Waals surface area contributed by atoms with Gasteiger partial charge in [-0.15, -0.1) is 0 Å². The fraction of sp³-hybridized carbons (Fsp3) is 0.390. The van der Waals surface area contributed by atoms with Gasteiger partial charge in [0.2, 0.25) is 23.1 Å². The van der Waals surface area contributed by atoms with Crippen molar-refractivity contribution in [2.24, 2.45) is 11.1 Å². The van der Waals surface area contributed by atoms with E-state index in [-0.39, 0.29) is 29.2 Å². The zero-order valence-corrected chi connectivity index (χ0v) is 33.0. The number of nitriles is 1. The van der Waals surface area contributed by atoms with Gasteiger partial charge in [0.25, 0.3) is 0 Å². The molecule has 0 unspecified atom stereocenters. The van der Waals surface area contributed by atoms with Gasteiger partial charge in [-0.1, -0.05) is 58.7 Å². The number of aliphatic carboxylic acids is 1. The van der Waals surface area contributed by atoms with Crippen LogP contribution >= 0.6 is 23.2 Å². The minimum absolute atomic E-state index is 0.218. The highest BCUT2D eigenvalue weighted by Crippen LogP contribution is 2.45. The average Bonchev–Trinajstić information content (AvgIpc) is 4.03. The number of carbonyl (C=O) groups is 1. The van der Waals surface area contributed by atoms with Crippen LogP contribution in [0.15, 0.2) is 58.2 Å². The third kappa shape index (κ3) is 7.65. The number of aliphatic hydroxyl groups excluding tert-OH is 1. The number of hydrogen-bond acceptors (Lipinski definition) is 12. The number of halogens is 2. The van der Waals surface area contributed by atoms with Gasteiger partial charge in [0.05, 0.1) is 29.7 Å². The summed E-state index contributed by atoms with van der Waals surface area (Å²) >= 11 is 14.0. The molecule has 2 aliphatic heterocycles. The highest BCUT2D eigenvalue weighted by atomic mass is 35.5. The minimum Gasteiger partial charge on any atom is -0.481 e. The number of aliphatic hydroxyl groups is 1. The van der Waals surface area contributed by atoms with Crippen LogP contribution in [0.2, 0.25) is 10.0 Å². The third-order valence-electron chi connectivity index (χ3n) is 11.0. The Morgan fingerprint density at radius 2 is 1.81 bits per heavy atom. The van der Waals surface area contributed by atoms with E-state index >= 15 is 0 Å². The lowest BCUT2D eigenvalue weighted by Gasteiger charge is -2.20. The van der Waals surface area contributed by atoms with Crippen LogP contribution in [0.5, 0.6) is 11.8 Å². The van der Waals surface area contributed by atoms with Crippen LogP contribution in [-0.2, 0) is 29.1 Å². The lowest BCUT2D eigenvalue weighted by Crippen LogP contribution is -2.31. The minimum atomic E-state index is -0.792. The molecule has 57 heavy (non-hydrogen) atoms. The van der Waals surface area contributed by atoms with Crippen LogP contribution in [0.1, 0.15) is 47.6 Å². The second kappa shape index (κ2) is 16.4. The monoisotopic (exact) mass is 813 g/mol. The van der Waals surface area contributed by atoms with Gasteiger partial charge in [-0.05, 0) is 61.1 Å². The number of β-amino-alcohol motifs (C(OH)–C–C–N with tert-alkyl or cyclic N) is 1. The summed E-state index contributed by atoms with van der Waals surface area (Å²) in [5.74, 6) is -0.247. The van der Waals surface area contributed by atoms with Crippen molar-refractivity contribution in [3.63, 3.8) is 0 Å². The number of aromatic nitrogens is 3. The SMILES string of the molecule is CO/N=c1/c2nc(-c3cccc(-c4cccc5c4CC[C@@H]5Oc4nc(OC)c(CN5CC[C@@H](O)C5)cc4Cl)c3Cl)oc2c(C#N)cn1CCN1CC[C@@H](C(=O)O)C1. The zero-order valence-electron chi connectivity index (χ0n) is 31.5. The Balaban J connectivity index is 1.08. The van der Waals surface area contributed by atoms with Crippen LogP contribution in [0.3, 0.4) is 0 Å². The average molecular weight is 815 g/mol. The van der Waals surface area contributed by atoms with Crippen molar-refractivity contribution in [1.29, 1.82) is 5.26 Å². The highest BCUT2D eigenvalue weighted by molar-refractivity contribution is 6.36. The molecule has 3 aromatic heterocycles. The Kier molecular flexibility index (Phi) is 11.1.